The summed E-state index contributed by atoms with van der Waals surface area (Å²) in [7, 11) is 1.65. The van der Waals surface area contributed by atoms with Gasteiger partial charge in [0.2, 0.25) is 0 Å². The maximum absolute atomic E-state index is 13.1. The number of ether oxygens (including phenoxy) is 2. The molecule has 3 atom stereocenters. The van der Waals surface area contributed by atoms with E-state index in [0.717, 1.165) is 51.0 Å². The Balaban J connectivity index is 1.14. The zero-order chi connectivity index (χ0) is 33.1. The lowest BCUT2D eigenvalue weighted by molar-refractivity contribution is -0.148. The summed E-state index contributed by atoms with van der Waals surface area (Å²) < 4.78 is 12.4. The predicted octanol–water partition coefficient (Wildman–Crippen LogP) is 8.45. The molecule has 0 aromatic heterocycles. The molecule has 2 aliphatic heterocycles. The Morgan fingerprint density at radius 3 is 2.36 bits per heavy atom. The van der Waals surface area contributed by atoms with Crippen LogP contribution in [0.2, 0.25) is 0 Å². The summed E-state index contributed by atoms with van der Waals surface area (Å²) in [5.41, 5.74) is 5.90. The quantitative estimate of drug-likeness (QED) is 0.133. The van der Waals surface area contributed by atoms with Gasteiger partial charge in [0.25, 0.3) is 0 Å². The molecule has 0 bridgehead atoms. The number of para-hydroxylation sites is 2. The molecule has 1 saturated heterocycles. The number of thioether (sulfide) groups is 1. The number of carboxylic acid groups (broad SMARTS) is 2. The van der Waals surface area contributed by atoms with E-state index in [0.29, 0.717) is 17.0 Å². The molecule has 0 saturated carbocycles. The fourth-order valence-corrected chi connectivity index (χ4v) is 7.78. The molecule has 240 valence electrons. The SMILES string of the molecule is COc1ccc(N2c3ccccc3Oc3cc(-c4ccc(C[C@H]5SC(=S)C(CCC(CC(=O)O)C(=O)O)CC5=O)cc4)ccc32)cc1. The molecule has 2 unspecified atom stereocenters. The lowest BCUT2D eigenvalue weighted by Gasteiger charge is -2.33. The number of thiocarbonyl (C=S) groups is 1. The Morgan fingerprint density at radius 2 is 1.66 bits per heavy atom. The average Bonchev–Trinajstić information content (AvgIpc) is 3.07. The molecule has 8 nitrogen and oxygen atoms in total. The van der Waals surface area contributed by atoms with Gasteiger partial charge in [0, 0.05) is 18.0 Å². The fourth-order valence-electron chi connectivity index (χ4n) is 6.05. The van der Waals surface area contributed by atoms with Crippen LogP contribution in [0.25, 0.3) is 11.1 Å². The lowest BCUT2D eigenvalue weighted by atomic mass is 9.90. The van der Waals surface area contributed by atoms with Gasteiger partial charge in [0.1, 0.15) is 11.5 Å². The van der Waals surface area contributed by atoms with Crippen LogP contribution in [0.1, 0.15) is 31.2 Å². The summed E-state index contributed by atoms with van der Waals surface area (Å²) in [5.74, 6) is -1.14. The molecule has 4 aromatic carbocycles. The summed E-state index contributed by atoms with van der Waals surface area (Å²) in [6, 6.07) is 30.2. The number of Topliss-reactive ketones (excluding diaryl/α,β-unsaturated/α-hetero) is 1. The normalized spacial score (nSPS) is 17.7. The molecule has 2 aliphatic rings. The van der Waals surface area contributed by atoms with Gasteiger partial charge in [-0.05, 0) is 84.5 Å². The molecule has 2 heterocycles. The first-order valence-electron chi connectivity index (χ1n) is 15.3. The number of fused-ring (bicyclic) bond motifs is 2. The minimum atomic E-state index is -1.15. The predicted molar refractivity (Wildman–Crippen MR) is 187 cm³/mol. The molecule has 6 rings (SSSR count). The van der Waals surface area contributed by atoms with Crippen molar-refractivity contribution in [1.29, 1.82) is 0 Å². The van der Waals surface area contributed by atoms with Crippen LogP contribution in [0.4, 0.5) is 17.1 Å². The summed E-state index contributed by atoms with van der Waals surface area (Å²) in [6.45, 7) is 0. The van der Waals surface area contributed by atoms with Crippen LogP contribution in [0.5, 0.6) is 17.2 Å². The molecule has 0 spiro atoms. The van der Waals surface area contributed by atoms with Crippen LogP contribution in [-0.2, 0) is 20.8 Å². The second kappa shape index (κ2) is 14.0. The van der Waals surface area contributed by atoms with Crippen molar-refractivity contribution in [3.63, 3.8) is 0 Å². The van der Waals surface area contributed by atoms with Crippen molar-refractivity contribution < 1.29 is 34.1 Å². The summed E-state index contributed by atoms with van der Waals surface area (Å²) in [4.78, 5) is 37.7. The summed E-state index contributed by atoms with van der Waals surface area (Å²) in [6.07, 6.45) is 0.903. The molecule has 1 fully saturated rings. The van der Waals surface area contributed by atoms with Gasteiger partial charge in [-0.15, -0.1) is 11.8 Å². The first-order chi connectivity index (χ1) is 22.7. The van der Waals surface area contributed by atoms with E-state index < -0.39 is 24.3 Å². The van der Waals surface area contributed by atoms with Gasteiger partial charge in [-0.3, -0.25) is 14.4 Å². The second-order valence-electron chi connectivity index (χ2n) is 11.7. The number of carboxylic acids is 2. The van der Waals surface area contributed by atoms with Crippen LogP contribution in [0.3, 0.4) is 0 Å². The Labute approximate surface area is 282 Å². The lowest BCUT2D eigenvalue weighted by Crippen LogP contribution is -2.32. The maximum Gasteiger partial charge on any atom is 0.307 e. The Bertz CT molecular complexity index is 1820. The molecule has 10 heteroatoms. The number of methoxy groups -OCH3 is 1. The average molecular weight is 668 g/mol. The number of anilines is 3. The van der Waals surface area contributed by atoms with E-state index in [9.17, 15) is 19.5 Å². The third-order valence-electron chi connectivity index (χ3n) is 8.60. The first kappa shape index (κ1) is 32.3. The van der Waals surface area contributed by atoms with E-state index in [2.05, 4.69) is 17.0 Å². The Morgan fingerprint density at radius 1 is 0.957 bits per heavy atom. The number of benzene rings is 4. The van der Waals surface area contributed by atoms with Crippen molar-refractivity contribution >= 4 is 63.0 Å². The van der Waals surface area contributed by atoms with Crippen molar-refractivity contribution in [2.75, 3.05) is 12.0 Å². The van der Waals surface area contributed by atoms with Crippen molar-refractivity contribution in [1.82, 2.24) is 0 Å². The molecular formula is C37H33NO7S2. The van der Waals surface area contributed by atoms with Crippen molar-refractivity contribution in [3.05, 3.63) is 96.6 Å². The van der Waals surface area contributed by atoms with E-state index in [1.54, 1.807) is 7.11 Å². The van der Waals surface area contributed by atoms with Crippen LogP contribution in [-0.4, -0.2) is 44.5 Å². The highest BCUT2D eigenvalue weighted by atomic mass is 32.2. The highest BCUT2D eigenvalue weighted by Gasteiger charge is 2.34. The van der Waals surface area contributed by atoms with E-state index in [1.165, 1.54) is 11.8 Å². The minimum Gasteiger partial charge on any atom is -0.497 e. The van der Waals surface area contributed by atoms with Gasteiger partial charge in [-0.25, -0.2) is 0 Å². The smallest absolute Gasteiger partial charge is 0.307 e. The molecule has 0 radical (unpaired) electrons. The largest absolute Gasteiger partial charge is 0.497 e. The maximum atomic E-state index is 13.1. The number of hydrogen-bond acceptors (Lipinski definition) is 8. The first-order valence-corrected chi connectivity index (χ1v) is 16.6. The van der Waals surface area contributed by atoms with Crippen molar-refractivity contribution in [2.24, 2.45) is 11.8 Å². The molecular weight excluding hydrogens is 635 g/mol. The van der Waals surface area contributed by atoms with Crippen molar-refractivity contribution in [2.45, 2.75) is 37.4 Å². The van der Waals surface area contributed by atoms with Gasteiger partial charge in [0.15, 0.2) is 11.5 Å². The molecule has 4 aromatic rings. The van der Waals surface area contributed by atoms with Gasteiger partial charge in [-0.1, -0.05) is 54.7 Å². The van der Waals surface area contributed by atoms with Crippen LogP contribution in [0.15, 0.2) is 91.0 Å². The monoisotopic (exact) mass is 667 g/mol. The molecule has 0 aliphatic carbocycles. The van der Waals surface area contributed by atoms with Gasteiger partial charge in [-0.2, -0.15) is 0 Å². The van der Waals surface area contributed by atoms with E-state index in [-0.39, 0.29) is 29.8 Å². The number of rotatable bonds is 11. The van der Waals surface area contributed by atoms with E-state index in [1.807, 2.05) is 78.9 Å². The van der Waals surface area contributed by atoms with Crippen LogP contribution < -0.4 is 14.4 Å². The number of hydrogen-bond donors (Lipinski definition) is 2. The third kappa shape index (κ3) is 7.18. The fraction of sp³-hybridized carbons (Fsp3) is 0.243. The van der Waals surface area contributed by atoms with Gasteiger partial charge >= 0.3 is 11.9 Å². The Kier molecular flexibility index (Phi) is 9.60. The Hall–Kier alpha value is -4.67. The number of ketones is 1. The number of carbonyl (C=O) groups excluding carboxylic acids is 1. The summed E-state index contributed by atoms with van der Waals surface area (Å²) in [5, 5.41) is 18.0. The topological polar surface area (TPSA) is 113 Å². The van der Waals surface area contributed by atoms with Crippen molar-refractivity contribution in [3.8, 4) is 28.4 Å². The zero-order valence-electron chi connectivity index (χ0n) is 25.6. The highest BCUT2D eigenvalue weighted by molar-refractivity contribution is 8.24. The second-order valence-corrected chi connectivity index (χ2v) is 13.6. The molecule has 0 amide bonds. The number of carbonyl (C=O) groups is 3. The highest BCUT2D eigenvalue weighted by Crippen LogP contribution is 2.51. The van der Waals surface area contributed by atoms with Gasteiger partial charge < -0.3 is 24.6 Å². The zero-order valence-corrected chi connectivity index (χ0v) is 27.3. The van der Waals surface area contributed by atoms with Crippen LogP contribution >= 0.6 is 24.0 Å². The number of nitrogens with zero attached hydrogens (tertiary/aromatic N) is 1. The minimum absolute atomic E-state index is 0.0799. The van der Waals surface area contributed by atoms with Gasteiger partial charge in [0.05, 0.1) is 40.3 Å². The molecule has 2 N–H and O–H groups in total. The molecule has 47 heavy (non-hydrogen) atoms. The summed E-state index contributed by atoms with van der Waals surface area (Å²) >= 11 is 6.99. The third-order valence-corrected chi connectivity index (χ3v) is 10.5. The number of aliphatic carboxylic acids is 2. The van der Waals surface area contributed by atoms with Crippen LogP contribution in [0, 0.1) is 11.8 Å². The van der Waals surface area contributed by atoms with E-state index >= 15 is 0 Å². The van der Waals surface area contributed by atoms with E-state index in [4.69, 9.17) is 26.8 Å². The standard InChI is InChI=1S/C37H33NO7S2/c1-44-28-15-13-27(14-16-28)38-29-4-2-3-5-32(29)45-33-20-24(12-17-30(33)38)23-8-6-22(7-9-23)18-34-31(39)19-26(37(46)47-34)11-10-25(36(42)43)21-35(40)41/h2-9,12-17,20,25-26,34H,10-11,18-19,21H2,1H3,(H,40,41)(H,42,43)/t25?,26?,34-/m1/s1.